The van der Waals surface area contributed by atoms with Crippen molar-refractivity contribution in [3.8, 4) is 12.3 Å². The van der Waals surface area contributed by atoms with Crippen molar-refractivity contribution in [2.75, 3.05) is 0 Å². The molecule has 1 aromatic rings. The molecule has 0 aliphatic heterocycles. The van der Waals surface area contributed by atoms with E-state index in [2.05, 4.69) is 5.92 Å². The number of hydrogen-bond donors (Lipinski definition) is 0. The molecule has 0 atom stereocenters. The normalized spacial score (nSPS) is 9.18. The van der Waals surface area contributed by atoms with Gasteiger partial charge in [-0.3, -0.25) is 0 Å². The molecule has 0 unspecified atom stereocenters. The van der Waals surface area contributed by atoms with Crippen LogP contribution in [0.15, 0.2) is 18.2 Å². The Bertz CT molecular complexity index is 297. The summed E-state index contributed by atoms with van der Waals surface area (Å²) >= 11 is 11.5. The lowest BCUT2D eigenvalue weighted by molar-refractivity contribution is 1.55. The Labute approximate surface area is 76.1 Å². The van der Waals surface area contributed by atoms with Gasteiger partial charge in [0.15, 0.2) is 0 Å². The molecule has 0 spiro atoms. The molecular formula is C9H5Cl2. The molecule has 2 heteroatoms. The summed E-state index contributed by atoms with van der Waals surface area (Å²) in [5, 5.41) is 1.19. The summed E-state index contributed by atoms with van der Waals surface area (Å²) in [5.74, 6) is 2.39. The van der Waals surface area contributed by atoms with Crippen LogP contribution >= 0.6 is 23.2 Å². The second kappa shape index (κ2) is 3.67. The largest absolute Gasteiger partial charge is 0.119 e. The highest BCUT2D eigenvalue weighted by atomic mass is 35.5. The van der Waals surface area contributed by atoms with Crippen molar-refractivity contribution in [2.45, 2.75) is 0 Å². The summed E-state index contributed by atoms with van der Waals surface area (Å²) < 4.78 is 0. The van der Waals surface area contributed by atoms with Crippen molar-refractivity contribution < 1.29 is 0 Å². The van der Waals surface area contributed by atoms with Gasteiger partial charge in [-0.1, -0.05) is 35.2 Å². The Morgan fingerprint density at radius 1 is 1.36 bits per heavy atom. The lowest BCUT2D eigenvalue weighted by atomic mass is 10.2. The molecule has 0 amide bonds. The van der Waals surface area contributed by atoms with Crippen LogP contribution < -0.4 is 0 Å². The van der Waals surface area contributed by atoms with E-state index in [4.69, 9.17) is 29.6 Å². The fourth-order valence-electron chi connectivity index (χ4n) is 0.708. The Hall–Kier alpha value is -0.640. The van der Waals surface area contributed by atoms with Crippen LogP contribution in [0.5, 0.6) is 0 Å². The van der Waals surface area contributed by atoms with Gasteiger partial charge in [-0.15, -0.1) is 6.42 Å². The number of benzene rings is 1. The van der Waals surface area contributed by atoms with Crippen LogP contribution in [-0.4, -0.2) is 0 Å². The van der Waals surface area contributed by atoms with E-state index in [0.717, 1.165) is 5.56 Å². The van der Waals surface area contributed by atoms with Gasteiger partial charge >= 0.3 is 0 Å². The first-order chi connectivity index (χ1) is 5.24. The Balaban J connectivity index is 3.01. The molecule has 55 valence electrons. The van der Waals surface area contributed by atoms with E-state index in [1.807, 2.05) is 0 Å². The van der Waals surface area contributed by atoms with Crippen molar-refractivity contribution in [3.63, 3.8) is 0 Å². The van der Waals surface area contributed by atoms with Gasteiger partial charge in [-0.25, -0.2) is 0 Å². The minimum Gasteiger partial charge on any atom is -0.119 e. The number of hydrogen-bond acceptors (Lipinski definition) is 0. The van der Waals surface area contributed by atoms with Crippen LogP contribution in [0.4, 0.5) is 0 Å². The minimum atomic E-state index is 0.579. The molecule has 1 radical (unpaired) electrons. The first-order valence-electron chi connectivity index (χ1n) is 2.98. The Kier molecular flexibility index (Phi) is 2.82. The first kappa shape index (κ1) is 8.46. The van der Waals surface area contributed by atoms with Crippen molar-refractivity contribution in [2.24, 2.45) is 0 Å². The standard InChI is InChI=1S/C9H5Cl2/c1-2-3-7-4-5-8(10)6-9(7)11/h1,3-6H. The molecule has 0 saturated carbocycles. The third-order valence-corrected chi connectivity index (χ3v) is 1.76. The summed E-state index contributed by atoms with van der Waals surface area (Å²) in [6, 6.07) is 5.19. The average Bonchev–Trinajstić information content (AvgIpc) is 1.95. The summed E-state index contributed by atoms with van der Waals surface area (Å²) in [6.45, 7) is 0. The number of halogens is 2. The molecule has 0 bridgehead atoms. The first-order valence-corrected chi connectivity index (χ1v) is 3.74. The van der Waals surface area contributed by atoms with Crippen LogP contribution in [0.25, 0.3) is 0 Å². The molecule has 0 N–H and O–H groups in total. The van der Waals surface area contributed by atoms with E-state index in [-0.39, 0.29) is 0 Å². The lowest BCUT2D eigenvalue weighted by Crippen LogP contribution is -1.79. The maximum Gasteiger partial charge on any atom is 0.0643 e. The molecule has 0 aliphatic carbocycles. The van der Waals surface area contributed by atoms with Crippen LogP contribution in [-0.2, 0) is 0 Å². The zero-order valence-corrected chi connectivity index (χ0v) is 7.15. The fraction of sp³-hybridized carbons (Fsp3) is 0. The Morgan fingerprint density at radius 2 is 2.09 bits per heavy atom. The van der Waals surface area contributed by atoms with Gasteiger partial charge in [-0.05, 0) is 17.7 Å². The maximum atomic E-state index is 5.80. The highest BCUT2D eigenvalue weighted by Gasteiger charge is 1.98. The predicted octanol–water partition coefficient (Wildman–Crippen LogP) is 3.18. The van der Waals surface area contributed by atoms with Crippen LogP contribution in [0.2, 0.25) is 10.0 Å². The molecule has 1 aromatic carbocycles. The van der Waals surface area contributed by atoms with Crippen LogP contribution in [0.1, 0.15) is 5.56 Å². The van der Waals surface area contributed by atoms with E-state index in [0.29, 0.717) is 10.0 Å². The van der Waals surface area contributed by atoms with E-state index in [1.54, 1.807) is 24.6 Å². The van der Waals surface area contributed by atoms with Gasteiger partial charge in [0.05, 0.1) is 6.42 Å². The van der Waals surface area contributed by atoms with E-state index < -0.39 is 0 Å². The minimum absolute atomic E-state index is 0.579. The fourth-order valence-corrected chi connectivity index (χ4v) is 1.17. The molecular weight excluding hydrogens is 179 g/mol. The molecule has 1 rings (SSSR count). The SMILES string of the molecule is C#C[CH]c1ccc(Cl)cc1Cl. The van der Waals surface area contributed by atoms with Crippen LogP contribution in [0, 0.1) is 18.8 Å². The molecule has 0 heterocycles. The highest BCUT2D eigenvalue weighted by molar-refractivity contribution is 6.35. The molecule has 11 heavy (non-hydrogen) atoms. The molecule has 0 nitrogen and oxygen atoms in total. The Morgan fingerprint density at radius 3 is 2.64 bits per heavy atom. The number of rotatable bonds is 1. The van der Waals surface area contributed by atoms with Gasteiger partial charge < -0.3 is 0 Å². The van der Waals surface area contributed by atoms with Crippen molar-refractivity contribution in [1.82, 2.24) is 0 Å². The van der Waals surface area contributed by atoms with E-state index in [1.165, 1.54) is 0 Å². The van der Waals surface area contributed by atoms with E-state index >= 15 is 0 Å². The third-order valence-electron chi connectivity index (χ3n) is 1.20. The summed E-state index contributed by atoms with van der Waals surface area (Å²) in [7, 11) is 0. The number of terminal acetylenes is 1. The summed E-state index contributed by atoms with van der Waals surface area (Å²) in [5.41, 5.74) is 0.818. The zero-order valence-electron chi connectivity index (χ0n) is 5.64. The quantitative estimate of drug-likeness (QED) is 0.588. The highest BCUT2D eigenvalue weighted by Crippen LogP contribution is 2.21. The average molecular weight is 184 g/mol. The predicted molar refractivity (Wildman–Crippen MR) is 48.7 cm³/mol. The molecule has 0 aromatic heterocycles. The summed E-state index contributed by atoms with van der Waals surface area (Å²) in [6.07, 6.45) is 6.67. The lowest BCUT2D eigenvalue weighted by Gasteiger charge is -1.98. The second-order valence-electron chi connectivity index (χ2n) is 1.98. The monoisotopic (exact) mass is 183 g/mol. The van der Waals surface area contributed by atoms with Gasteiger partial charge in [0.25, 0.3) is 0 Å². The molecule has 0 saturated heterocycles. The molecule has 0 fully saturated rings. The third kappa shape index (κ3) is 2.15. The molecule has 0 aliphatic rings. The topological polar surface area (TPSA) is 0 Å². The van der Waals surface area contributed by atoms with E-state index in [9.17, 15) is 0 Å². The zero-order chi connectivity index (χ0) is 8.27. The van der Waals surface area contributed by atoms with Gasteiger partial charge in [0.2, 0.25) is 0 Å². The summed E-state index contributed by atoms with van der Waals surface area (Å²) in [4.78, 5) is 0. The van der Waals surface area contributed by atoms with Gasteiger partial charge in [-0.2, -0.15) is 0 Å². The van der Waals surface area contributed by atoms with Crippen molar-refractivity contribution >= 4 is 23.2 Å². The second-order valence-corrected chi connectivity index (χ2v) is 2.82. The smallest absolute Gasteiger partial charge is 0.0643 e. The van der Waals surface area contributed by atoms with Gasteiger partial charge in [0.1, 0.15) is 0 Å². The maximum absolute atomic E-state index is 5.80. The van der Waals surface area contributed by atoms with Crippen LogP contribution in [0.3, 0.4) is 0 Å². The van der Waals surface area contributed by atoms with Gasteiger partial charge in [0, 0.05) is 10.0 Å². The van der Waals surface area contributed by atoms with Crippen molar-refractivity contribution in [3.05, 3.63) is 40.2 Å². The van der Waals surface area contributed by atoms with Crippen molar-refractivity contribution in [1.29, 1.82) is 0 Å².